The van der Waals surface area contributed by atoms with Crippen LogP contribution in [0.5, 0.6) is 0 Å². The van der Waals surface area contributed by atoms with E-state index in [2.05, 4.69) is 10.6 Å². The van der Waals surface area contributed by atoms with Gasteiger partial charge in [-0.25, -0.2) is 9.18 Å². The zero-order chi connectivity index (χ0) is 14.9. The number of hydrogen-bond acceptors (Lipinski definition) is 3. The summed E-state index contributed by atoms with van der Waals surface area (Å²) in [6.07, 6.45) is 0. The maximum Gasteiger partial charge on any atom is 0.323 e. The number of urea groups is 1. The molecule has 0 aliphatic carbocycles. The zero-order valence-electron chi connectivity index (χ0n) is 10.4. The van der Waals surface area contributed by atoms with Crippen LogP contribution in [0.2, 0.25) is 5.02 Å². The molecule has 1 aromatic rings. The molecule has 1 aliphatic rings. The molecular weight excluding hydrogens is 289 g/mol. The van der Waals surface area contributed by atoms with Crippen molar-refractivity contribution in [1.82, 2.24) is 10.2 Å². The Kier molecular flexibility index (Phi) is 3.89. The van der Waals surface area contributed by atoms with Gasteiger partial charge in [0.25, 0.3) is 0 Å². The summed E-state index contributed by atoms with van der Waals surface area (Å²) in [4.78, 5) is 35.8. The Hall–Kier alpha value is -2.15. The minimum Gasteiger partial charge on any atom is -0.336 e. The number of imide groups is 1. The molecule has 0 bridgehead atoms. The van der Waals surface area contributed by atoms with E-state index in [9.17, 15) is 18.8 Å². The first-order valence-corrected chi connectivity index (χ1v) is 6.09. The second-order valence-corrected chi connectivity index (χ2v) is 4.66. The number of amides is 4. The first-order valence-electron chi connectivity index (χ1n) is 5.71. The fraction of sp³-hybridized carbons (Fsp3) is 0.250. The summed E-state index contributed by atoms with van der Waals surface area (Å²) >= 11 is 5.60. The van der Waals surface area contributed by atoms with Gasteiger partial charge in [0.05, 0.1) is 5.02 Å². The summed E-state index contributed by atoms with van der Waals surface area (Å²) in [6.45, 7) is -0.0806. The van der Waals surface area contributed by atoms with Gasteiger partial charge in [-0.3, -0.25) is 14.5 Å². The van der Waals surface area contributed by atoms with Crippen LogP contribution in [0.4, 0.5) is 14.9 Å². The smallest absolute Gasteiger partial charge is 0.323 e. The zero-order valence-corrected chi connectivity index (χ0v) is 11.2. The number of hydrogen-bond donors (Lipinski definition) is 2. The average molecular weight is 300 g/mol. The van der Waals surface area contributed by atoms with Gasteiger partial charge < -0.3 is 10.6 Å². The van der Waals surface area contributed by atoms with Gasteiger partial charge in [-0.2, -0.15) is 0 Å². The Morgan fingerprint density at radius 2 is 2.20 bits per heavy atom. The maximum absolute atomic E-state index is 13.0. The van der Waals surface area contributed by atoms with Gasteiger partial charge in [0.1, 0.15) is 11.7 Å². The second-order valence-electron chi connectivity index (χ2n) is 4.25. The monoisotopic (exact) mass is 299 g/mol. The van der Waals surface area contributed by atoms with E-state index < -0.39 is 29.6 Å². The third-order valence-electron chi connectivity index (χ3n) is 2.89. The third-order valence-corrected chi connectivity index (χ3v) is 3.18. The number of halogens is 2. The van der Waals surface area contributed by atoms with Crippen LogP contribution in [0.1, 0.15) is 0 Å². The average Bonchev–Trinajstić information content (AvgIpc) is 2.40. The van der Waals surface area contributed by atoms with Crippen molar-refractivity contribution in [2.24, 2.45) is 5.92 Å². The number of benzene rings is 1. The van der Waals surface area contributed by atoms with Crippen LogP contribution in [-0.4, -0.2) is 36.3 Å². The van der Waals surface area contributed by atoms with E-state index in [0.717, 1.165) is 11.0 Å². The molecule has 106 valence electrons. The fourth-order valence-electron chi connectivity index (χ4n) is 1.74. The molecule has 0 aromatic heterocycles. The van der Waals surface area contributed by atoms with Crippen molar-refractivity contribution in [2.75, 3.05) is 18.9 Å². The van der Waals surface area contributed by atoms with Crippen molar-refractivity contribution in [3.05, 3.63) is 29.0 Å². The minimum atomic E-state index is -1.03. The molecule has 1 heterocycles. The largest absolute Gasteiger partial charge is 0.336 e. The molecule has 20 heavy (non-hydrogen) atoms. The Bertz CT molecular complexity index is 593. The molecule has 2 rings (SSSR count). The van der Waals surface area contributed by atoms with Gasteiger partial charge in [0.2, 0.25) is 11.8 Å². The van der Waals surface area contributed by atoms with E-state index in [4.69, 9.17) is 11.6 Å². The first-order chi connectivity index (χ1) is 9.40. The van der Waals surface area contributed by atoms with Crippen molar-refractivity contribution >= 4 is 35.1 Å². The molecule has 6 nitrogen and oxygen atoms in total. The van der Waals surface area contributed by atoms with E-state index in [1.165, 1.54) is 19.2 Å². The van der Waals surface area contributed by atoms with E-state index in [-0.39, 0.29) is 17.3 Å². The van der Waals surface area contributed by atoms with Crippen molar-refractivity contribution in [1.29, 1.82) is 0 Å². The van der Waals surface area contributed by atoms with Crippen molar-refractivity contribution in [3.63, 3.8) is 0 Å². The van der Waals surface area contributed by atoms with Crippen molar-refractivity contribution in [2.45, 2.75) is 0 Å². The lowest BCUT2D eigenvalue weighted by molar-refractivity contribution is -0.138. The van der Waals surface area contributed by atoms with Crippen LogP contribution < -0.4 is 10.6 Å². The Morgan fingerprint density at radius 3 is 2.85 bits per heavy atom. The minimum absolute atomic E-state index is 0.0806. The number of nitrogens with zero attached hydrogens (tertiary/aromatic N) is 1. The maximum atomic E-state index is 13.0. The molecule has 2 N–H and O–H groups in total. The highest BCUT2D eigenvalue weighted by Crippen LogP contribution is 2.20. The molecule has 1 aromatic carbocycles. The van der Waals surface area contributed by atoms with Crippen molar-refractivity contribution < 1.29 is 18.8 Å². The number of nitrogens with one attached hydrogen (secondary N) is 2. The second kappa shape index (κ2) is 5.46. The normalized spacial score (nSPS) is 18.8. The molecule has 0 radical (unpaired) electrons. The molecule has 1 aliphatic heterocycles. The lowest BCUT2D eigenvalue weighted by Gasteiger charge is -2.27. The van der Waals surface area contributed by atoms with Gasteiger partial charge >= 0.3 is 6.03 Å². The van der Waals surface area contributed by atoms with Crippen LogP contribution >= 0.6 is 11.6 Å². The highest BCUT2D eigenvalue weighted by atomic mass is 35.5. The Balaban J connectivity index is 2.10. The number of anilines is 1. The van der Waals surface area contributed by atoms with Gasteiger partial charge in [0.15, 0.2) is 0 Å². The molecular formula is C12H11ClFN3O3. The molecule has 0 saturated carbocycles. The Labute approximate surface area is 118 Å². The quantitative estimate of drug-likeness (QED) is 0.806. The fourth-order valence-corrected chi connectivity index (χ4v) is 1.92. The number of carbonyl (C=O) groups excluding carboxylic acids is 3. The summed E-state index contributed by atoms with van der Waals surface area (Å²) in [5, 5.41) is 4.74. The van der Waals surface area contributed by atoms with Crippen LogP contribution in [0.3, 0.4) is 0 Å². The predicted octanol–water partition coefficient (Wildman–Crippen LogP) is 1.22. The third kappa shape index (κ3) is 2.72. The van der Waals surface area contributed by atoms with Crippen LogP contribution in [0.25, 0.3) is 0 Å². The SMILES string of the molecule is CN1C(=O)NCC(C(=O)Nc2ccc(F)c(Cl)c2)C1=O. The van der Waals surface area contributed by atoms with E-state index in [1.54, 1.807) is 0 Å². The molecule has 1 fully saturated rings. The van der Waals surface area contributed by atoms with E-state index >= 15 is 0 Å². The Morgan fingerprint density at radius 1 is 1.50 bits per heavy atom. The molecule has 1 saturated heterocycles. The molecule has 4 amide bonds. The van der Waals surface area contributed by atoms with Crippen LogP contribution in [-0.2, 0) is 9.59 Å². The van der Waals surface area contributed by atoms with E-state index in [1.807, 2.05) is 0 Å². The lowest BCUT2D eigenvalue weighted by Crippen LogP contribution is -2.56. The number of carbonyl (C=O) groups is 3. The molecule has 8 heteroatoms. The first kappa shape index (κ1) is 14.3. The summed E-state index contributed by atoms with van der Waals surface area (Å²) in [7, 11) is 1.28. The lowest BCUT2D eigenvalue weighted by atomic mass is 10.1. The summed E-state index contributed by atoms with van der Waals surface area (Å²) in [5.74, 6) is -2.82. The molecule has 1 unspecified atom stereocenters. The van der Waals surface area contributed by atoms with Crippen LogP contribution in [0, 0.1) is 11.7 Å². The van der Waals surface area contributed by atoms with Gasteiger partial charge in [-0.1, -0.05) is 11.6 Å². The van der Waals surface area contributed by atoms with Gasteiger partial charge in [-0.05, 0) is 18.2 Å². The predicted molar refractivity (Wildman–Crippen MR) is 69.7 cm³/mol. The van der Waals surface area contributed by atoms with E-state index in [0.29, 0.717) is 0 Å². The standard InChI is InChI=1S/C12H11ClFN3O3/c1-17-11(19)7(5-15-12(17)20)10(18)16-6-2-3-9(14)8(13)4-6/h2-4,7H,5H2,1H3,(H,15,20)(H,16,18). The molecule has 0 spiro atoms. The van der Waals surface area contributed by atoms with Gasteiger partial charge in [0, 0.05) is 19.3 Å². The number of rotatable bonds is 2. The van der Waals surface area contributed by atoms with Gasteiger partial charge in [-0.15, -0.1) is 0 Å². The van der Waals surface area contributed by atoms with Crippen molar-refractivity contribution in [3.8, 4) is 0 Å². The topological polar surface area (TPSA) is 78.5 Å². The van der Waals surface area contributed by atoms with Crippen LogP contribution in [0.15, 0.2) is 18.2 Å². The summed E-state index contributed by atoms with van der Waals surface area (Å²) < 4.78 is 13.0. The summed E-state index contributed by atoms with van der Waals surface area (Å²) in [6, 6.07) is 3.12. The summed E-state index contributed by atoms with van der Waals surface area (Å²) in [5.41, 5.74) is 0.272. The highest BCUT2D eigenvalue weighted by Gasteiger charge is 2.36. The highest BCUT2D eigenvalue weighted by molar-refractivity contribution is 6.31. The molecule has 1 atom stereocenters.